The van der Waals surface area contributed by atoms with Crippen LogP contribution in [0.4, 0.5) is 0 Å². The Morgan fingerprint density at radius 3 is 2.25 bits per heavy atom. The molecule has 0 aliphatic heterocycles. The average Bonchev–Trinajstić information content (AvgIpc) is 1.65. The fraction of sp³-hybridized carbons (Fsp3) is 0.167. The van der Waals surface area contributed by atoms with Gasteiger partial charge in [0.1, 0.15) is 5.76 Å². The van der Waals surface area contributed by atoms with Crippen LogP contribution in [-0.4, -0.2) is 6.21 Å². The van der Waals surface area contributed by atoms with Crippen molar-refractivity contribution >= 4 is 6.21 Å². The molecule has 0 aliphatic rings. The molecule has 0 spiro atoms. The van der Waals surface area contributed by atoms with E-state index >= 15 is 0 Å². The summed E-state index contributed by atoms with van der Waals surface area (Å²) in [6, 6.07) is 0. The van der Waals surface area contributed by atoms with E-state index < -0.39 is 0 Å². The smallest absolute Gasteiger partial charge is 0.137 e. The normalized spacial score (nSPS) is 7.62. The van der Waals surface area contributed by atoms with Crippen molar-refractivity contribution in [2.45, 2.75) is 6.92 Å². The summed E-state index contributed by atoms with van der Waals surface area (Å²) in [6.45, 7) is 8.55. The highest BCUT2D eigenvalue weighted by molar-refractivity contribution is 5.71. The van der Waals surface area contributed by atoms with E-state index in [1.54, 1.807) is 6.92 Å². The topological polar surface area (TPSA) is 33.1 Å². The van der Waals surface area contributed by atoms with Gasteiger partial charge in [-0.1, -0.05) is 13.2 Å². The molecule has 8 heavy (non-hydrogen) atoms. The van der Waals surface area contributed by atoms with Crippen LogP contribution < -0.4 is 0 Å². The van der Waals surface area contributed by atoms with Gasteiger partial charge in [0, 0.05) is 0 Å². The lowest BCUT2D eigenvalue weighted by molar-refractivity contribution is 0.336. The van der Waals surface area contributed by atoms with Crippen molar-refractivity contribution in [1.29, 1.82) is 5.41 Å². The molecule has 0 rings (SSSR count). The zero-order valence-electron chi connectivity index (χ0n) is 4.90. The summed E-state index contributed by atoms with van der Waals surface area (Å²) in [4.78, 5) is 0. The van der Waals surface area contributed by atoms with Gasteiger partial charge in [0.2, 0.25) is 0 Å². The Morgan fingerprint density at radius 2 is 2.12 bits per heavy atom. The number of hydrogen-bond donors (Lipinski definition) is 1. The van der Waals surface area contributed by atoms with Crippen LogP contribution in [0.25, 0.3) is 0 Å². The van der Waals surface area contributed by atoms with Gasteiger partial charge in [0.15, 0.2) is 0 Å². The van der Waals surface area contributed by atoms with E-state index in [9.17, 15) is 0 Å². The van der Waals surface area contributed by atoms with Crippen LogP contribution in [-0.2, 0) is 4.74 Å². The Labute approximate surface area is 49.0 Å². The second kappa shape index (κ2) is 3.02. The molecule has 2 nitrogen and oxygen atoms in total. The van der Waals surface area contributed by atoms with Crippen molar-refractivity contribution in [2.75, 3.05) is 0 Å². The van der Waals surface area contributed by atoms with Crippen molar-refractivity contribution in [3.05, 3.63) is 24.7 Å². The molecule has 0 aromatic heterocycles. The Balaban J connectivity index is 3.55. The van der Waals surface area contributed by atoms with Gasteiger partial charge in [-0.15, -0.1) is 0 Å². The first kappa shape index (κ1) is 6.95. The molecule has 0 amide bonds. The molecule has 0 radical (unpaired) electrons. The van der Waals surface area contributed by atoms with Crippen LogP contribution in [0, 0.1) is 5.41 Å². The summed E-state index contributed by atoms with van der Waals surface area (Å²) in [5.74, 6) is 0.871. The Kier molecular flexibility index (Phi) is 2.62. The maximum Gasteiger partial charge on any atom is 0.137 e. The number of hydrogen-bond acceptors (Lipinski definition) is 2. The monoisotopic (exact) mass is 111 g/mol. The highest BCUT2D eigenvalue weighted by Gasteiger charge is 1.85. The first-order valence-corrected chi connectivity index (χ1v) is 2.19. The molecule has 0 aromatic rings. The van der Waals surface area contributed by atoms with Crippen LogP contribution in [0.3, 0.4) is 0 Å². The number of ether oxygens (including phenoxy) is 1. The first-order valence-electron chi connectivity index (χ1n) is 2.19. The van der Waals surface area contributed by atoms with E-state index in [1.807, 2.05) is 0 Å². The Bertz CT molecular complexity index is 126. The highest BCUT2D eigenvalue weighted by atomic mass is 16.5. The average molecular weight is 111 g/mol. The van der Waals surface area contributed by atoms with Gasteiger partial charge in [-0.05, 0) is 6.92 Å². The van der Waals surface area contributed by atoms with E-state index in [4.69, 9.17) is 10.1 Å². The second-order valence-corrected chi connectivity index (χ2v) is 1.41. The van der Waals surface area contributed by atoms with E-state index in [0.29, 0.717) is 11.5 Å². The molecule has 44 valence electrons. The van der Waals surface area contributed by atoms with Gasteiger partial charge in [-0.2, -0.15) is 0 Å². The number of nitrogens with one attached hydrogen (secondary N) is 1. The number of allylic oxidation sites excluding steroid dienone is 2. The van der Waals surface area contributed by atoms with Crippen LogP contribution in [0.5, 0.6) is 0 Å². The Hall–Kier alpha value is -1.05. The molecule has 1 N–H and O–H groups in total. The molecular formula is C6H9NO. The van der Waals surface area contributed by atoms with Crippen molar-refractivity contribution in [3.8, 4) is 0 Å². The maximum absolute atomic E-state index is 6.61. The zero-order valence-corrected chi connectivity index (χ0v) is 4.90. The van der Waals surface area contributed by atoms with Gasteiger partial charge in [0.25, 0.3) is 0 Å². The van der Waals surface area contributed by atoms with Crippen molar-refractivity contribution < 1.29 is 4.74 Å². The fourth-order valence-electron chi connectivity index (χ4n) is 0.253. The van der Waals surface area contributed by atoms with Crippen LogP contribution >= 0.6 is 0 Å². The minimum absolute atomic E-state index is 0.317. The molecule has 0 aromatic carbocycles. The molecule has 0 heterocycles. The Morgan fingerprint density at radius 1 is 1.62 bits per heavy atom. The lowest BCUT2D eigenvalue weighted by Gasteiger charge is -1.99. The summed E-state index contributed by atoms with van der Waals surface area (Å²) in [7, 11) is 0. The largest absolute Gasteiger partial charge is 0.462 e. The van der Waals surface area contributed by atoms with E-state index in [2.05, 4.69) is 13.2 Å². The van der Waals surface area contributed by atoms with Gasteiger partial charge in [0.05, 0.1) is 12.0 Å². The van der Waals surface area contributed by atoms with Gasteiger partial charge < -0.3 is 10.1 Å². The molecule has 0 unspecified atom stereocenters. The fourth-order valence-corrected chi connectivity index (χ4v) is 0.253. The maximum atomic E-state index is 6.61. The van der Waals surface area contributed by atoms with Crippen LogP contribution in [0.1, 0.15) is 6.92 Å². The van der Waals surface area contributed by atoms with E-state index in [0.717, 1.165) is 6.21 Å². The first-order chi connectivity index (χ1) is 3.66. The molecular weight excluding hydrogens is 102 g/mol. The predicted octanol–water partition coefficient (Wildman–Crippen LogP) is 1.70. The van der Waals surface area contributed by atoms with Gasteiger partial charge >= 0.3 is 0 Å². The quantitative estimate of drug-likeness (QED) is 0.436. The molecule has 0 aliphatic carbocycles. The molecule has 0 bridgehead atoms. The zero-order chi connectivity index (χ0) is 6.57. The SMILES string of the molecule is C=C(C)OC(=C)C=N. The third-order valence-electron chi connectivity index (χ3n) is 0.466. The summed E-state index contributed by atoms with van der Waals surface area (Å²) >= 11 is 0. The summed E-state index contributed by atoms with van der Waals surface area (Å²) < 4.78 is 4.77. The van der Waals surface area contributed by atoms with Crippen molar-refractivity contribution in [1.82, 2.24) is 0 Å². The molecule has 0 saturated heterocycles. The second-order valence-electron chi connectivity index (χ2n) is 1.41. The van der Waals surface area contributed by atoms with Gasteiger partial charge in [-0.25, -0.2) is 0 Å². The summed E-state index contributed by atoms with van der Waals surface area (Å²) in [5.41, 5.74) is 0. The lowest BCUT2D eigenvalue weighted by Crippen LogP contribution is -1.85. The van der Waals surface area contributed by atoms with Gasteiger partial charge in [-0.3, -0.25) is 0 Å². The number of rotatable bonds is 3. The van der Waals surface area contributed by atoms with Crippen LogP contribution in [0.2, 0.25) is 0 Å². The predicted molar refractivity (Wildman–Crippen MR) is 33.8 cm³/mol. The molecule has 2 heteroatoms. The highest BCUT2D eigenvalue weighted by Crippen LogP contribution is 1.96. The summed E-state index contributed by atoms with van der Waals surface area (Å²) in [6.07, 6.45) is 1.04. The third-order valence-corrected chi connectivity index (χ3v) is 0.466. The summed E-state index contributed by atoms with van der Waals surface area (Å²) in [5, 5.41) is 6.61. The molecule has 0 saturated carbocycles. The van der Waals surface area contributed by atoms with Crippen molar-refractivity contribution in [2.24, 2.45) is 0 Å². The minimum atomic E-state index is 0.317. The van der Waals surface area contributed by atoms with Crippen molar-refractivity contribution in [3.63, 3.8) is 0 Å². The lowest BCUT2D eigenvalue weighted by atomic mass is 10.6. The van der Waals surface area contributed by atoms with E-state index in [-0.39, 0.29) is 0 Å². The molecule has 0 atom stereocenters. The van der Waals surface area contributed by atoms with Crippen LogP contribution in [0.15, 0.2) is 24.7 Å². The minimum Gasteiger partial charge on any atom is -0.462 e. The third kappa shape index (κ3) is 3.15. The van der Waals surface area contributed by atoms with E-state index in [1.165, 1.54) is 0 Å². The molecule has 0 fully saturated rings. The standard InChI is InChI=1S/C6H9NO/c1-5(2)8-6(3)4-7/h4,7H,1,3H2,2H3.